The van der Waals surface area contributed by atoms with Crippen LogP contribution in [0.1, 0.15) is 18.4 Å². The lowest BCUT2D eigenvalue weighted by atomic mass is 10.0. The van der Waals surface area contributed by atoms with Gasteiger partial charge in [0.2, 0.25) is 5.91 Å². The number of hydrogen-bond acceptors (Lipinski definition) is 1. The standard InChI is InChI=1S/C11H11Cl2NO/c12-9-2-1-3-10(13)8(9)6-7-4-5-11(15)14-7/h1-3,7H,4-6H2,(H,14,15). The summed E-state index contributed by atoms with van der Waals surface area (Å²) in [6.07, 6.45) is 2.18. The molecule has 1 saturated heterocycles. The molecule has 80 valence electrons. The molecule has 1 fully saturated rings. The van der Waals surface area contributed by atoms with Crippen LogP contribution in [0.2, 0.25) is 10.0 Å². The second-order valence-electron chi connectivity index (χ2n) is 3.71. The molecule has 1 heterocycles. The van der Waals surface area contributed by atoms with Gasteiger partial charge >= 0.3 is 0 Å². The van der Waals surface area contributed by atoms with Crippen molar-refractivity contribution in [3.05, 3.63) is 33.8 Å². The van der Waals surface area contributed by atoms with Gasteiger partial charge in [-0.1, -0.05) is 29.3 Å². The van der Waals surface area contributed by atoms with E-state index < -0.39 is 0 Å². The predicted molar refractivity (Wildman–Crippen MR) is 61.3 cm³/mol. The molecule has 0 bridgehead atoms. The minimum absolute atomic E-state index is 0.114. The van der Waals surface area contributed by atoms with Crippen LogP contribution >= 0.6 is 23.2 Å². The smallest absolute Gasteiger partial charge is 0.220 e. The Hall–Kier alpha value is -0.730. The molecule has 15 heavy (non-hydrogen) atoms. The Morgan fingerprint density at radius 3 is 2.53 bits per heavy atom. The normalized spacial score (nSPS) is 20.4. The SMILES string of the molecule is O=C1CCC(Cc2c(Cl)cccc2Cl)N1. The number of hydrogen-bond donors (Lipinski definition) is 1. The number of carbonyl (C=O) groups is 1. The van der Waals surface area contributed by atoms with Crippen molar-refractivity contribution in [2.24, 2.45) is 0 Å². The molecule has 1 unspecified atom stereocenters. The van der Waals surface area contributed by atoms with Crippen molar-refractivity contribution in [2.75, 3.05) is 0 Å². The van der Waals surface area contributed by atoms with Gasteiger partial charge in [-0.25, -0.2) is 0 Å². The van der Waals surface area contributed by atoms with Crippen LogP contribution in [0.5, 0.6) is 0 Å². The van der Waals surface area contributed by atoms with E-state index in [-0.39, 0.29) is 11.9 Å². The number of halogens is 2. The van der Waals surface area contributed by atoms with Gasteiger partial charge < -0.3 is 5.32 Å². The monoisotopic (exact) mass is 243 g/mol. The molecule has 1 aromatic rings. The van der Waals surface area contributed by atoms with Gasteiger partial charge in [0.1, 0.15) is 0 Å². The number of carbonyl (C=O) groups excluding carboxylic acids is 1. The van der Waals surface area contributed by atoms with Crippen LogP contribution in [-0.2, 0) is 11.2 Å². The zero-order chi connectivity index (χ0) is 10.8. The molecular weight excluding hydrogens is 233 g/mol. The topological polar surface area (TPSA) is 29.1 Å². The van der Waals surface area contributed by atoms with Crippen LogP contribution < -0.4 is 5.32 Å². The predicted octanol–water partition coefficient (Wildman–Crippen LogP) is 2.81. The summed E-state index contributed by atoms with van der Waals surface area (Å²) in [4.78, 5) is 11.0. The van der Waals surface area contributed by atoms with Crippen LogP contribution in [0.4, 0.5) is 0 Å². The molecule has 0 radical (unpaired) electrons. The highest BCUT2D eigenvalue weighted by molar-refractivity contribution is 6.36. The zero-order valence-electron chi connectivity index (χ0n) is 8.09. The van der Waals surface area contributed by atoms with Gasteiger partial charge in [0, 0.05) is 22.5 Å². The van der Waals surface area contributed by atoms with Crippen molar-refractivity contribution < 1.29 is 4.79 Å². The second kappa shape index (κ2) is 4.42. The molecule has 0 spiro atoms. The summed E-state index contributed by atoms with van der Waals surface area (Å²) in [6, 6.07) is 5.63. The van der Waals surface area contributed by atoms with E-state index in [1.54, 1.807) is 0 Å². The van der Waals surface area contributed by atoms with Crippen LogP contribution in [0, 0.1) is 0 Å². The first-order valence-corrected chi connectivity index (χ1v) is 5.64. The van der Waals surface area contributed by atoms with Crippen LogP contribution in [0.15, 0.2) is 18.2 Å². The van der Waals surface area contributed by atoms with E-state index in [1.807, 2.05) is 18.2 Å². The van der Waals surface area contributed by atoms with Gasteiger partial charge in [0.25, 0.3) is 0 Å². The Balaban J connectivity index is 2.13. The third-order valence-electron chi connectivity index (χ3n) is 2.60. The Morgan fingerprint density at radius 2 is 2.00 bits per heavy atom. The summed E-state index contributed by atoms with van der Waals surface area (Å²) in [5.74, 6) is 0.114. The summed E-state index contributed by atoms with van der Waals surface area (Å²) in [7, 11) is 0. The number of rotatable bonds is 2. The lowest BCUT2D eigenvalue weighted by Crippen LogP contribution is -2.27. The van der Waals surface area contributed by atoms with Gasteiger partial charge in [-0.15, -0.1) is 0 Å². The minimum atomic E-state index is 0.114. The van der Waals surface area contributed by atoms with Crippen LogP contribution in [-0.4, -0.2) is 11.9 Å². The molecule has 0 saturated carbocycles. The highest BCUT2D eigenvalue weighted by Gasteiger charge is 2.22. The average Bonchev–Trinajstić information content (AvgIpc) is 2.58. The number of benzene rings is 1. The van der Waals surface area contributed by atoms with E-state index >= 15 is 0 Å². The molecule has 4 heteroatoms. The van der Waals surface area contributed by atoms with Crippen molar-refractivity contribution in [2.45, 2.75) is 25.3 Å². The summed E-state index contributed by atoms with van der Waals surface area (Å²) < 4.78 is 0. The van der Waals surface area contributed by atoms with Crippen LogP contribution in [0.3, 0.4) is 0 Å². The Kier molecular flexibility index (Phi) is 3.17. The minimum Gasteiger partial charge on any atom is -0.353 e. The first kappa shape index (κ1) is 10.8. The maximum Gasteiger partial charge on any atom is 0.220 e. The highest BCUT2D eigenvalue weighted by Crippen LogP contribution is 2.27. The Morgan fingerprint density at radius 1 is 1.33 bits per heavy atom. The molecule has 1 aliphatic heterocycles. The molecule has 1 N–H and O–H groups in total. The largest absolute Gasteiger partial charge is 0.353 e. The van der Waals surface area contributed by atoms with Crippen molar-refractivity contribution in [1.82, 2.24) is 5.32 Å². The van der Waals surface area contributed by atoms with E-state index in [9.17, 15) is 4.79 Å². The van der Waals surface area contributed by atoms with Gasteiger partial charge in [0.05, 0.1) is 0 Å². The molecular formula is C11H11Cl2NO. The summed E-state index contributed by atoms with van der Waals surface area (Å²) >= 11 is 12.1. The van der Waals surface area contributed by atoms with Crippen molar-refractivity contribution >= 4 is 29.1 Å². The molecule has 1 aliphatic rings. The van der Waals surface area contributed by atoms with Gasteiger partial charge in [-0.05, 0) is 30.5 Å². The molecule has 1 amide bonds. The van der Waals surface area contributed by atoms with Crippen molar-refractivity contribution in [1.29, 1.82) is 0 Å². The Bertz CT molecular complexity index is 372. The second-order valence-corrected chi connectivity index (χ2v) is 4.52. The number of amides is 1. The first-order chi connectivity index (χ1) is 7.16. The van der Waals surface area contributed by atoms with Gasteiger partial charge in [-0.3, -0.25) is 4.79 Å². The number of nitrogens with one attached hydrogen (secondary N) is 1. The van der Waals surface area contributed by atoms with E-state index in [1.165, 1.54) is 0 Å². The van der Waals surface area contributed by atoms with Gasteiger partial charge in [-0.2, -0.15) is 0 Å². The highest BCUT2D eigenvalue weighted by atomic mass is 35.5. The zero-order valence-corrected chi connectivity index (χ0v) is 9.61. The fraction of sp³-hybridized carbons (Fsp3) is 0.364. The van der Waals surface area contributed by atoms with Crippen LogP contribution in [0.25, 0.3) is 0 Å². The van der Waals surface area contributed by atoms with E-state index in [2.05, 4.69) is 5.32 Å². The molecule has 2 nitrogen and oxygen atoms in total. The summed E-state index contributed by atoms with van der Waals surface area (Å²) in [5.41, 5.74) is 0.924. The van der Waals surface area contributed by atoms with E-state index in [4.69, 9.17) is 23.2 Å². The molecule has 1 atom stereocenters. The average molecular weight is 244 g/mol. The first-order valence-electron chi connectivity index (χ1n) is 4.89. The molecule has 0 aliphatic carbocycles. The lowest BCUT2D eigenvalue weighted by molar-refractivity contribution is -0.119. The summed E-state index contributed by atoms with van der Waals surface area (Å²) in [5, 5.41) is 4.24. The van der Waals surface area contributed by atoms with Gasteiger partial charge in [0.15, 0.2) is 0 Å². The van der Waals surface area contributed by atoms with E-state index in [0.29, 0.717) is 22.9 Å². The molecule has 2 rings (SSSR count). The summed E-state index contributed by atoms with van der Waals surface area (Å²) in [6.45, 7) is 0. The maximum absolute atomic E-state index is 11.0. The quantitative estimate of drug-likeness (QED) is 0.851. The molecule has 1 aromatic carbocycles. The Labute approximate surface area is 98.6 Å². The fourth-order valence-corrected chi connectivity index (χ4v) is 2.36. The lowest BCUT2D eigenvalue weighted by Gasteiger charge is -2.12. The third kappa shape index (κ3) is 2.44. The molecule has 0 aromatic heterocycles. The third-order valence-corrected chi connectivity index (χ3v) is 3.31. The van der Waals surface area contributed by atoms with Crippen molar-refractivity contribution in [3.8, 4) is 0 Å². The fourth-order valence-electron chi connectivity index (χ4n) is 1.80. The van der Waals surface area contributed by atoms with E-state index in [0.717, 1.165) is 12.0 Å². The van der Waals surface area contributed by atoms with Crippen molar-refractivity contribution in [3.63, 3.8) is 0 Å². The maximum atomic E-state index is 11.0.